The second-order valence-corrected chi connectivity index (χ2v) is 10.8. The maximum atomic E-state index is 13.2. The molecule has 4 unspecified atom stereocenters. The smallest absolute Gasteiger partial charge is 0.326 e. The van der Waals surface area contributed by atoms with E-state index < -0.39 is 47.9 Å². The number of carboxylic acid groups (broad SMARTS) is 1. The van der Waals surface area contributed by atoms with E-state index in [2.05, 4.69) is 16.0 Å². The van der Waals surface area contributed by atoms with E-state index in [1.54, 1.807) is 12.1 Å². The Labute approximate surface area is 232 Å². The number of hydrogen-bond acceptors (Lipinski definition) is 9. The van der Waals surface area contributed by atoms with E-state index in [1.165, 1.54) is 35.7 Å². The van der Waals surface area contributed by atoms with E-state index in [9.17, 15) is 29.4 Å². The highest BCUT2D eigenvalue weighted by atomic mass is 32.2. The van der Waals surface area contributed by atoms with Crippen molar-refractivity contribution >= 4 is 47.2 Å². The Balaban J connectivity index is 2.94. The Morgan fingerprint density at radius 3 is 1.84 bits per heavy atom. The van der Waals surface area contributed by atoms with Gasteiger partial charge < -0.3 is 37.6 Å². The Kier molecular flexibility index (Phi) is 16.5. The lowest BCUT2D eigenvalue weighted by atomic mass is 10.0. The van der Waals surface area contributed by atoms with Crippen LogP contribution >= 0.6 is 23.5 Å². The lowest BCUT2D eigenvalue weighted by Crippen LogP contribution is -2.57. The van der Waals surface area contributed by atoms with Gasteiger partial charge in [-0.05, 0) is 86.8 Å². The molecule has 0 saturated carbocycles. The quantitative estimate of drug-likeness (QED) is 0.114. The number of amides is 3. The number of benzene rings is 1. The van der Waals surface area contributed by atoms with Crippen LogP contribution in [0.3, 0.4) is 0 Å². The molecule has 1 rings (SSSR count). The van der Waals surface area contributed by atoms with Crippen LogP contribution in [0, 0.1) is 0 Å². The fraction of sp³-hybridized carbons (Fsp3) is 0.600. The molecule has 13 heteroatoms. The van der Waals surface area contributed by atoms with Gasteiger partial charge in [0, 0.05) is 0 Å². The highest BCUT2D eigenvalue weighted by molar-refractivity contribution is 7.98. The van der Waals surface area contributed by atoms with Crippen molar-refractivity contribution in [2.45, 2.75) is 62.7 Å². The van der Waals surface area contributed by atoms with Gasteiger partial charge in [-0.25, -0.2) is 4.79 Å². The van der Waals surface area contributed by atoms with Crippen molar-refractivity contribution < 1.29 is 29.4 Å². The molecular weight excluding hydrogens is 530 g/mol. The number of aromatic hydroxyl groups is 1. The molecule has 38 heavy (non-hydrogen) atoms. The van der Waals surface area contributed by atoms with Gasteiger partial charge in [-0.2, -0.15) is 23.5 Å². The van der Waals surface area contributed by atoms with E-state index in [1.807, 2.05) is 12.5 Å². The predicted molar refractivity (Wildman–Crippen MR) is 152 cm³/mol. The fourth-order valence-corrected chi connectivity index (χ4v) is 4.50. The molecule has 0 aliphatic heterocycles. The number of nitrogens with two attached hydrogens (primary N) is 2. The molecule has 0 saturated heterocycles. The number of hydrogen-bond donors (Lipinski definition) is 7. The maximum Gasteiger partial charge on any atom is 0.326 e. The van der Waals surface area contributed by atoms with Crippen LogP contribution in [-0.2, 0) is 25.6 Å². The number of aliphatic carboxylic acids is 1. The monoisotopic (exact) mass is 571 g/mol. The first-order valence-corrected chi connectivity index (χ1v) is 15.3. The number of nitrogens with one attached hydrogen (secondary N) is 3. The van der Waals surface area contributed by atoms with Crippen molar-refractivity contribution in [1.82, 2.24) is 16.0 Å². The first-order valence-electron chi connectivity index (χ1n) is 12.5. The summed E-state index contributed by atoms with van der Waals surface area (Å²) in [6.45, 7) is 0.425. The molecule has 0 fully saturated rings. The number of rotatable bonds is 19. The number of carbonyl (C=O) groups excluding carboxylic acids is 3. The average molecular weight is 572 g/mol. The van der Waals surface area contributed by atoms with E-state index in [-0.39, 0.29) is 25.0 Å². The summed E-state index contributed by atoms with van der Waals surface area (Å²) >= 11 is 2.96. The molecule has 0 bridgehead atoms. The van der Waals surface area contributed by atoms with Crippen LogP contribution in [0.2, 0.25) is 0 Å². The summed E-state index contributed by atoms with van der Waals surface area (Å²) in [5.74, 6) is -1.60. The Morgan fingerprint density at radius 2 is 1.32 bits per heavy atom. The zero-order valence-electron chi connectivity index (χ0n) is 22.0. The second-order valence-electron chi connectivity index (χ2n) is 8.85. The van der Waals surface area contributed by atoms with Gasteiger partial charge in [0.15, 0.2) is 0 Å². The first kappa shape index (κ1) is 33.5. The van der Waals surface area contributed by atoms with Crippen molar-refractivity contribution in [2.24, 2.45) is 11.5 Å². The summed E-state index contributed by atoms with van der Waals surface area (Å²) in [7, 11) is 0. The zero-order valence-corrected chi connectivity index (χ0v) is 23.6. The Hall–Kier alpha value is -2.48. The van der Waals surface area contributed by atoms with Gasteiger partial charge in [0.25, 0.3) is 0 Å². The zero-order chi connectivity index (χ0) is 28.5. The van der Waals surface area contributed by atoms with Crippen LogP contribution in [0.4, 0.5) is 0 Å². The standard InChI is InChI=1S/C25H41N5O6S2/c1-37-13-10-20(24(34)30-21(25(35)36)11-14-38-2)29-23(33)19(5-3-4-12-26)28-22(32)18(27)15-16-6-8-17(31)9-7-16/h6-9,18-21,31H,3-5,10-15,26-27H2,1-2H3,(H,28,32)(H,29,33)(H,30,34)(H,35,36). The van der Waals surface area contributed by atoms with Gasteiger partial charge >= 0.3 is 5.97 Å². The molecule has 3 amide bonds. The summed E-state index contributed by atoms with van der Waals surface area (Å²) < 4.78 is 0. The van der Waals surface area contributed by atoms with Crippen LogP contribution < -0.4 is 27.4 Å². The molecule has 0 heterocycles. The minimum atomic E-state index is -1.14. The van der Waals surface area contributed by atoms with Crippen molar-refractivity contribution in [1.29, 1.82) is 0 Å². The topological polar surface area (TPSA) is 197 Å². The summed E-state index contributed by atoms with van der Waals surface area (Å²) in [5.41, 5.74) is 12.4. The van der Waals surface area contributed by atoms with Crippen molar-refractivity contribution in [3.05, 3.63) is 29.8 Å². The number of phenolic OH excluding ortho intramolecular Hbond substituents is 1. The number of phenols is 1. The highest BCUT2D eigenvalue weighted by Gasteiger charge is 2.30. The largest absolute Gasteiger partial charge is 0.508 e. The number of carbonyl (C=O) groups is 4. The molecule has 1 aromatic rings. The third-order valence-electron chi connectivity index (χ3n) is 5.78. The molecule has 1 aromatic carbocycles. The van der Waals surface area contributed by atoms with E-state index in [4.69, 9.17) is 11.5 Å². The maximum absolute atomic E-state index is 13.2. The molecule has 0 spiro atoms. The Bertz CT molecular complexity index is 889. The van der Waals surface area contributed by atoms with E-state index >= 15 is 0 Å². The van der Waals surface area contributed by atoms with Crippen LogP contribution in [0.15, 0.2) is 24.3 Å². The molecule has 0 radical (unpaired) electrons. The molecule has 214 valence electrons. The van der Waals surface area contributed by atoms with Crippen molar-refractivity contribution in [3.8, 4) is 5.75 Å². The normalized spacial score (nSPS) is 14.1. The third-order valence-corrected chi connectivity index (χ3v) is 7.07. The van der Waals surface area contributed by atoms with Crippen LogP contribution in [0.5, 0.6) is 5.75 Å². The summed E-state index contributed by atoms with van der Waals surface area (Å²) in [5, 5.41) is 26.8. The van der Waals surface area contributed by atoms with Gasteiger partial charge in [-0.3, -0.25) is 14.4 Å². The lowest BCUT2D eigenvalue weighted by molar-refractivity contribution is -0.142. The fourth-order valence-electron chi connectivity index (χ4n) is 3.56. The van der Waals surface area contributed by atoms with Gasteiger partial charge in [0.2, 0.25) is 17.7 Å². The SMILES string of the molecule is CSCCC(NC(=O)C(CCSC)NC(=O)C(CCCCN)NC(=O)C(N)Cc1ccc(O)cc1)C(=O)O. The molecule has 0 aliphatic carbocycles. The van der Waals surface area contributed by atoms with E-state index in [0.29, 0.717) is 37.3 Å². The molecule has 4 atom stereocenters. The van der Waals surface area contributed by atoms with Crippen molar-refractivity contribution in [3.63, 3.8) is 0 Å². The van der Waals surface area contributed by atoms with E-state index in [0.717, 1.165) is 5.56 Å². The van der Waals surface area contributed by atoms with Gasteiger partial charge in [0.05, 0.1) is 6.04 Å². The minimum Gasteiger partial charge on any atom is -0.508 e. The third kappa shape index (κ3) is 12.9. The second kappa shape index (κ2) is 18.7. The van der Waals surface area contributed by atoms with Crippen LogP contribution in [-0.4, -0.2) is 88.6 Å². The van der Waals surface area contributed by atoms with Gasteiger partial charge in [-0.15, -0.1) is 0 Å². The van der Waals surface area contributed by atoms with Crippen molar-refractivity contribution in [2.75, 3.05) is 30.6 Å². The highest BCUT2D eigenvalue weighted by Crippen LogP contribution is 2.12. The lowest BCUT2D eigenvalue weighted by Gasteiger charge is -2.25. The summed E-state index contributed by atoms with van der Waals surface area (Å²) in [6, 6.07) is 2.40. The molecule has 11 nitrogen and oxygen atoms in total. The summed E-state index contributed by atoms with van der Waals surface area (Å²) in [6.07, 6.45) is 5.96. The predicted octanol–water partition coefficient (Wildman–Crippen LogP) is 0.436. The minimum absolute atomic E-state index is 0.0994. The van der Waals surface area contributed by atoms with Crippen LogP contribution in [0.1, 0.15) is 37.7 Å². The number of unbranched alkanes of at least 4 members (excludes halogenated alkanes) is 1. The molecule has 0 aromatic heterocycles. The first-order chi connectivity index (χ1) is 18.1. The number of carboxylic acids is 1. The Morgan fingerprint density at radius 1 is 0.816 bits per heavy atom. The summed E-state index contributed by atoms with van der Waals surface area (Å²) in [4.78, 5) is 50.6. The van der Waals surface area contributed by atoms with Crippen LogP contribution in [0.25, 0.3) is 0 Å². The molecule has 9 N–H and O–H groups in total. The molecular formula is C25H41N5O6S2. The van der Waals surface area contributed by atoms with Gasteiger partial charge in [0.1, 0.15) is 23.9 Å². The van der Waals surface area contributed by atoms with Gasteiger partial charge in [-0.1, -0.05) is 12.1 Å². The molecule has 0 aliphatic rings. The average Bonchev–Trinajstić information content (AvgIpc) is 2.89. The number of thioether (sulfide) groups is 2.